The summed E-state index contributed by atoms with van der Waals surface area (Å²) in [5, 5.41) is 7.84. The zero-order valence-electron chi connectivity index (χ0n) is 12.3. The lowest BCUT2D eigenvalue weighted by atomic mass is 10.0. The van der Waals surface area contributed by atoms with E-state index >= 15 is 0 Å². The Morgan fingerprint density at radius 3 is 3.14 bits per heavy atom. The molecule has 4 heteroatoms. The number of allylic oxidation sites excluding steroid dienone is 1. The Hall–Kier alpha value is -2.07. The summed E-state index contributed by atoms with van der Waals surface area (Å²) < 4.78 is 0. The molecule has 0 bridgehead atoms. The number of H-pyrrole nitrogens is 1. The minimum Gasteiger partial charge on any atom is -0.384 e. The molecule has 0 spiro atoms. The monoisotopic (exact) mass is 283 g/mol. The molecule has 21 heavy (non-hydrogen) atoms. The van der Waals surface area contributed by atoms with Gasteiger partial charge in [-0.2, -0.15) is 0 Å². The predicted octanol–water partition coefficient (Wildman–Crippen LogP) is 2.55. The molecule has 0 amide bonds. The Balaban J connectivity index is 1.93. The van der Waals surface area contributed by atoms with Crippen molar-refractivity contribution in [1.82, 2.24) is 10.3 Å². The average Bonchev–Trinajstić information content (AvgIpc) is 2.52. The molecule has 0 fully saturated rings. The van der Waals surface area contributed by atoms with Crippen LogP contribution in [0.1, 0.15) is 24.5 Å². The van der Waals surface area contributed by atoms with E-state index in [0.717, 1.165) is 54.6 Å². The molecule has 3 N–H and O–H groups in total. The van der Waals surface area contributed by atoms with E-state index in [4.69, 9.17) is 0 Å². The molecule has 0 saturated heterocycles. The maximum atomic E-state index is 12.2. The summed E-state index contributed by atoms with van der Waals surface area (Å²) >= 11 is 0. The van der Waals surface area contributed by atoms with Crippen LogP contribution in [0.15, 0.2) is 35.1 Å². The third-order valence-electron chi connectivity index (χ3n) is 3.91. The molecule has 0 atom stereocenters. The van der Waals surface area contributed by atoms with E-state index in [2.05, 4.69) is 39.9 Å². The SMILES string of the molecule is CC=CCNCc1ccc2c3c(c(=O)[nH]c2c1)CCCN3. The van der Waals surface area contributed by atoms with Crippen molar-refractivity contribution in [3.63, 3.8) is 0 Å². The quantitative estimate of drug-likeness (QED) is 0.597. The standard InChI is InChI=1S/C17H21N3O/c1-2-3-8-18-11-12-6-7-13-15(10-12)20-17(21)14-5-4-9-19-16(13)14/h2-3,6-7,10,18-19H,4-5,8-9,11H2,1H3,(H,20,21). The van der Waals surface area contributed by atoms with E-state index in [9.17, 15) is 4.79 Å². The van der Waals surface area contributed by atoms with Crippen LogP contribution in [0.25, 0.3) is 10.9 Å². The minimum absolute atomic E-state index is 0.0451. The molecular formula is C17H21N3O. The lowest BCUT2D eigenvalue weighted by molar-refractivity contribution is 0.760. The highest BCUT2D eigenvalue weighted by Crippen LogP contribution is 2.27. The van der Waals surface area contributed by atoms with Crippen molar-refractivity contribution in [1.29, 1.82) is 0 Å². The van der Waals surface area contributed by atoms with Gasteiger partial charge >= 0.3 is 0 Å². The van der Waals surface area contributed by atoms with Crippen LogP contribution in [-0.4, -0.2) is 18.1 Å². The van der Waals surface area contributed by atoms with E-state index in [1.54, 1.807) is 0 Å². The second kappa shape index (κ2) is 6.14. The zero-order chi connectivity index (χ0) is 14.7. The predicted molar refractivity (Wildman–Crippen MR) is 87.9 cm³/mol. The molecule has 4 nitrogen and oxygen atoms in total. The fourth-order valence-electron chi connectivity index (χ4n) is 2.83. The minimum atomic E-state index is 0.0451. The molecule has 0 unspecified atom stereocenters. The van der Waals surface area contributed by atoms with E-state index in [-0.39, 0.29) is 5.56 Å². The maximum absolute atomic E-state index is 12.2. The Kier molecular flexibility index (Phi) is 4.06. The number of pyridine rings is 1. The molecular weight excluding hydrogens is 262 g/mol. The molecule has 1 aliphatic heterocycles. The molecule has 2 heterocycles. The largest absolute Gasteiger partial charge is 0.384 e. The van der Waals surface area contributed by atoms with E-state index in [0.29, 0.717) is 0 Å². The molecule has 0 radical (unpaired) electrons. The maximum Gasteiger partial charge on any atom is 0.253 e. The van der Waals surface area contributed by atoms with Gasteiger partial charge in [0.2, 0.25) is 0 Å². The molecule has 0 saturated carbocycles. The van der Waals surface area contributed by atoms with Gasteiger partial charge in [-0.1, -0.05) is 24.3 Å². The summed E-state index contributed by atoms with van der Waals surface area (Å²) in [6, 6.07) is 6.30. The van der Waals surface area contributed by atoms with Gasteiger partial charge in [-0.25, -0.2) is 0 Å². The Bertz CT molecular complexity index is 731. The summed E-state index contributed by atoms with van der Waals surface area (Å²) in [4.78, 5) is 15.2. The number of hydrogen-bond donors (Lipinski definition) is 3. The van der Waals surface area contributed by atoms with Gasteiger partial charge in [0.1, 0.15) is 0 Å². The van der Waals surface area contributed by atoms with Crippen LogP contribution in [0.4, 0.5) is 5.69 Å². The summed E-state index contributed by atoms with van der Waals surface area (Å²) in [6.45, 7) is 4.61. The van der Waals surface area contributed by atoms with Crippen LogP contribution < -0.4 is 16.2 Å². The van der Waals surface area contributed by atoms with Crippen molar-refractivity contribution < 1.29 is 0 Å². The third-order valence-corrected chi connectivity index (χ3v) is 3.91. The van der Waals surface area contributed by atoms with Gasteiger partial charge in [0.25, 0.3) is 5.56 Å². The van der Waals surface area contributed by atoms with Crippen LogP contribution in [0.5, 0.6) is 0 Å². The van der Waals surface area contributed by atoms with Crippen LogP contribution in [0.3, 0.4) is 0 Å². The summed E-state index contributed by atoms with van der Waals surface area (Å²) in [5.74, 6) is 0. The normalized spacial score (nSPS) is 14.3. The zero-order valence-corrected chi connectivity index (χ0v) is 12.3. The van der Waals surface area contributed by atoms with Crippen LogP contribution in [-0.2, 0) is 13.0 Å². The number of rotatable bonds is 4. The highest BCUT2D eigenvalue weighted by molar-refractivity contribution is 5.93. The first-order valence-corrected chi connectivity index (χ1v) is 7.53. The first-order chi connectivity index (χ1) is 10.3. The number of aromatic amines is 1. The molecule has 2 aromatic rings. The Labute approximate surface area is 124 Å². The molecule has 3 rings (SSSR count). The fourth-order valence-corrected chi connectivity index (χ4v) is 2.83. The van der Waals surface area contributed by atoms with Crippen molar-refractivity contribution in [2.45, 2.75) is 26.3 Å². The highest BCUT2D eigenvalue weighted by atomic mass is 16.1. The van der Waals surface area contributed by atoms with Crippen LogP contribution in [0, 0.1) is 0 Å². The number of benzene rings is 1. The van der Waals surface area contributed by atoms with Crippen molar-refractivity contribution in [2.75, 3.05) is 18.4 Å². The summed E-state index contributed by atoms with van der Waals surface area (Å²) in [6.07, 6.45) is 6.00. The molecule has 110 valence electrons. The molecule has 0 aliphatic carbocycles. The van der Waals surface area contributed by atoms with Gasteiger partial charge in [0.05, 0.1) is 11.2 Å². The second-order valence-electron chi connectivity index (χ2n) is 5.42. The Morgan fingerprint density at radius 1 is 1.38 bits per heavy atom. The average molecular weight is 283 g/mol. The van der Waals surface area contributed by atoms with Crippen molar-refractivity contribution in [3.05, 3.63) is 51.8 Å². The lowest BCUT2D eigenvalue weighted by Gasteiger charge is -2.19. The molecule has 1 aliphatic rings. The number of hydrogen-bond acceptors (Lipinski definition) is 3. The molecule has 1 aromatic carbocycles. The topological polar surface area (TPSA) is 56.9 Å². The van der Waals surface area contributed by atoms with Gasteiger partial charge in [-0.05, 0) is 31.4 Å². The highest BCUT2D eigenvalue weighted by Gasteiger charge is 2.15. The number of nitrogens with one attached hydrogen (secondary N) is 3. The summed E-state index contributed by atoms with van der Waals surface area (Å²) in [5.41, 5.74) is 4.06. The number of anilines is 1. The smallest absolute Gasteiger partial charge is 0.253 e. The lowest BCUT2D eigenvalue weighted by Crippen LogP contribution is -2.22. The van der Waals surface area contributed by atoms with Gasteiger partial charge < -0.3 is 15.6 Å². The third kappa shape index (κ3) is 2.85. The first-order valence-electron chi connectivity index (χ1n) is 7.53. The van der Waals surface area contributed by atoms with Crippen LogP contribution in [0.2, 0.25) is 0 Å². The van der Waals surface area contributed by atoms with E-state index < -0.39 is 0 Å². The van der Waals surface area contributed by atoms with E-state index in [1.807, 2.05) is 13.0 Å². The van der Waals surface area contributed by atoms with Crippen molar-refractivity contribution >= 4 is 16.6 Å². The van der Waals surface area contributed by atoms with Gasteiger partial charge in [-0.3, -0.25) is 4.79 Å². The second-order valence-corrected chi connectivity index (χ2v) is 5.42. The molecule has 1 aromatic heterocycles. The van der Waals surface area contributed by atoms with Gasteiger partial charge in [0.15, 0.2) is 0 Å². The fraction of sp³-hybridized carbons (Fsp3) is 0.353. The van der Waals surface area contributed by atoms with Gasteiger partial charge in [-0.15, -0.1) is 0 Å². The van der Waals surface area contributed by atoms with Gasteiger partial charge in [0, 0.05) is 30.6 Å². The van der Waals surface area contributed by atoms with E-state index in [1.165, 1.54) is 5.56 Å². The first kappa shape index (κ1) is 13.9. The van der Waals surface area contributed by atoms with Crippen molar-refractivity contribution in [3.8, 4) is 0 Å². The van der Waals surface area contributed by atoms with Crippen molar-refractivity contribution in [2.24, 2.45) is 0 Å². The number of fused-ring (bicyclic) bond motifs is 3. The van der Waals surface area contributed by atoms with Crippen LogP contribution >= 0.6 is 0 Å². The Morgan fingerprint density at radius 2 is 2.29 bits per heavy atom. The summed E-state index contributed by atoms with van der Waals surface area (Å²) in [7, 11) is 0. The number of aromatic nitrogens is 1.